The van der Waals surface area contributed by atoms with Gasteiger partial charge in [-0.2, -0.15) is 0 Å². The van der Waals surface area contributed by atoms with Gasteiger partial charge in [-0.15, -0.1) is 0 Å². The molecule has 0 aromatic heterocycles. The first-order chi connectivity index (χ1) is 13.9. The summed E-state index contributed by atoms with van der Waals surface area (Å²) in [6, 6.07) is 13.6. The van der Waals surface area contributed by atoms with Crippen LogP contribution in [0.4, 0.5) is 4.39 Å². The second kappa shape index (κ2) is 11.5. The highest BCUT2D eigenvalue weighted by molar-refractivity contribution is 5.78. The number of halogens is 1. The zero-order valence-electron chi connectivity index (χ0n) is 17.2. The molecule has 0 aliphatic rings. The van der Waals surface area contributed by atoms with Crippen LogP contribution in [0.2, 0.25) is 0 Å². The molecule has 3 N–H and O–H groups in total. The summed E-state index contributed by atoms with van der Waals surface area (Å²) < 4.78 is 18.9. The van der Waals surface area contributed by atoms with Gasteiger partial charge in [-0.05, 0) is 47.9 Å². The van der Waals surface area contributed by atoms with E-state index in [0.717, 1.165) is 16.9 Å². The quantitative estimate of drug-likeness (QED) is 0.606. The lowest BCUT2D eigenvalue weighted by molar-refractivity contribution is -0.131. The molecule has 0 aliphatic carbocycles. The number of aliphatic hydroxyl groups is 1. The van der Waals surface area contributed by atoms with Crippen molar-refractivity contribution in [3.05, 3.63) is 65.5 Å². The van der Waals surface area contributed by atoms with Crippen LogP contribution < -0.4 is 10.5 Å². The van der Waals surface area contributed by atoms with E-state index >= 15 is 0 Å². The number of hydrogen-bond donors (Lipinski definition) is 2. The highest BCUT2D eigenvalue weighted by atomic mass is 19.1. The van der Waals surface area contributed by atoms with Crippen LogP contribution in [0.25, 0.3) is 0 Å². The zero-order chi connectivity index (χ0) is 21.2. The van der Waals surface area contributed by atoms with E-state index in [1.807, 2.05) is 24.3 Å². The Labute approximate surface area is 172 Å². The van der Waals surface area contributed by atoms with Gasteiger partial charge in [0.25, 0.3) is 0 Å². The molecule has 6 heteroatoms. The van der Waals surface area contributed by atoms with Gasteiger partial charge in [-0.3, -0.25) is 4.79 Å². The number of aliphatic hydroxyl groups excluding tert-OH is 1. The Morgan fingerprint density at radius 2 is 1.72 bits per heavy atom. The first-order valence-electron chi connectivity index (χ1n) is 9.96. The number of amides is 1. The summed E-state index contributed by atoms with van der Waals surface area (Å²) in [6.07, 6.45) is 0.231. The Morgan fingerprint density at radius 1 is 1.10 bits per heavy atom. The molecule has 0 bridgehead atoms. The van der Waals surface area contributed by atoms with Crippen molar-refractivity contribution >= 4 is 5.91 Å². The second-order valence-electron chi connectivity index (χ2n) is 7.71. The number of carbonyl (C=O) groups is 1. The Morgan fingerprint density at radius 3 is 2.28 bits per heavy atom. The summed E-state index contributed by atoms with van der Waals surface area (Å²) in [5, 5.41) is 9.49. The average Bonchev–Trinajstić information content (AvgIpc) is 2.72. The van der Waals surface area contributed by atoms with Gasteiger partial charge in [0.2, 0.25) is 5.91 Å². The number of rotatable bonds is 11. The third-order valence-corrected chi connectivity index (χ3v) is 4.57. The molecule has 0 saturated heterocycles. The van der Waals surface area contributed by atoms with Crippen LogP contribution >= 0.6 is 0 Å². The third kappa shape index (κ3) is 7.83. The topological polar surface area (TPSA) is 75.8 Å². The molecule has 0 saturated carbocycles. The number of nitrogens with two attached hydrogens (primary N) is 1. The molecule has 0 aliphatic heterocycles. The van der Waals surface area contributed by atoms with Gasteiger partial charge in [0.1, 0.15) is 11.6 Å². The van der Waals surface area contributed by atoms with E-state index in [4.69, 9.17) is 10.5 Å². The maximum atomic E-state index is 13.2. The fourth-order valence-electron chi connectivity index (χ4n) is 2.84. The lowest BCUT2D eigenvalue weighted by atomic mass is 10.1. The van der Waals surface area contributed by atoms with Crippen molar-refractivity contribution in [2.45, 2.75) is 26.8 Å². The first kappa shape index (κ1) is 22.8. The van der Waals surface area contributed by atoms with Gasteiger partial charge in [-0.25, -0.2) is 4.39 Å². The minimum atomic E-state index is -0.318. The first-order valence-corrected chi connectivity index (χ1v) is 9.96. The summed E-state index contributed by atoms with van der Waals surface area (Å²) in [4.78, 5) is 14.6. The normalized spacial score (nSPS) is 12.1. The lowest BCUT2D eigenvalue weighted by Crippen LogP contribution is -2.39. The van der Waals surface area contributed by atoms with Gasteiger partial charge in [-0.1, -0.05) is 38.1 Å². The van der Waals surface area contributed by atoms with Crippen LogP contribution in [0.15, 0.2) is 48.5 Å². The Balaban J connectivity index is 2.06. The van der Waals surface area contributed by atoms with E-state index in [-0.39, 0.29) is 37.2 Å². The van der Waals surface area contributed by atoms with Crippen LogP contribution in [-0.4, -0.2) is 42.2 Å². The molecule has 2 aromatic rings. The predicted octanol–water partition coefficient (Wildman–Crippen LogP) is 3.00. The number of ether oxygens (including phenoxy) is 1. The molecule has 158 valence electrons. The third-order valence-electron chi connectivity index (χ3n) is 4.57. The molecule has 1 amide bonds. The highest BCUT2D eigenvalue weighted by Crippen LogP contribution is 2.16. The van der Waals surface area contributed by atoms with Crippen molar-refractivity contribution in [3.63, 3.8) is 0 Å². The van der Waals surface area contributed by atoms with Crippen LogP contribution in [0.5, 0.6) is 5.75 Å². The van der Waals surface area contributed by atoms with Crippen molar-refractivity contribution in [3.8, 4) is 5.75 Å². The molecule has 2 rings (SSSR count). The smallest absolute Gasteiger partial charge is 0.227 e. The van der Waals surface area contributed by atoms with Gasteiger partial charge in [0.15, 0.2) is 0 Å². The van der Waals surface area contributed by atoms with Crippen LogP contribution in [0, 0.1) is 17.7 Å². The Bertz CT molecular complexity index is 744. The molecule has 0 heterocycles. The average molecular weight is 403 g/mol. The molecule has 0 fully saturated rings. The number of nitrogens with zero attached hydrogens (tertiary/aromatic N) is 1. The standard InChI is InChI=1S/C23H31FN2O3/c1-17(2)16-29-22-9-5-18(6-10-22)11-23(28)26(14-20(12-25)15-27)13-19-3-7-21(24)8-4-19/h3-10,17,20,27H,11-16,25H2,1-2H3/t20-/m0/s1. The van der Waals surface area contributed by atoms with Crippen LogP contribution in [-0.2, 0) is 17.8 Å². The van der Waals surface area contributed by atoms with Gasteiger partial charge >= 0.3 is 0 Å². The van der Waals surface area contributed by atoms with Crippen molar-refractivity contribution < 1.29 is 19.0 Å². The fraction of sp³-hybridized carbons (Fsp3) is 0.435. The lowest BCUT2D eigenvalue weighted by Gasteiger charge is -2.26. The predicted molar refractivity (Wildman–Crippen MR) is 112 cm³/mol. The van der Waals surface area contributed by atoms with E-state index < -0.39 is 0 Å². The summed E-state index contributed by atoms with van der Waals surface area (Å²) in [7, 11) is 0. The second-order valence-corrected chi connectivity index (χ2v) is 7.71. The van der Waals surface area contributed by atoms with E-state index in [2.05, 4.69) is 13.8 Å². The summed E-state index contributed by atoms with van der Waals surface area (Å²) in [6.45, 7) is 5.69. The SMILES string of the molecule is CC(C)COc1ccc(CC(=O)N(Cc2ccc(F)cc2)C[C@H](CN)CO)cc1. The number of hydrogen-bond acceptors (Lipinski definition) is 4. The molecule has 29 heavy (non-hydrogen) atoms. The largest absolute Gasteiger partial charge is 0.493 e. The number of benzene rings is 2. The molecular weight excluding hydrogens is 371 g/mol. The summed E-state index contributed by atoms with van der Waals surface area (Å²) >= 11 is 0. The monoisotopic (exact) mass is 402 g/mol. The molecule has 0 spiro atoms. The zero-order valence-corrected chi connectivity index (χ0v) is 17.2. The van der Waals surface area contributed by atoms with Crippen molar-refractivity contribution in [2.75, 3.05) is 26.3 Å². The summed E-state index contributed by atoms with van der Waals surface area (Å²) in [5.74, 6) is 0.629. The van der Waals surface area contributed by atoms with Crippen molar-refractivity contribution in [2.24, 2.45) is 17.6 Å². The minimum Gasteiger partial charge on any atom is -0.493 e. The maximum absolute atomic E-state index is 13.2. The summed E-state index contributed by atoms with van der Waals surface area (Å²) in [5.41, 5.74) is 7.41. The molecular formula is C23H31FN2O3. The molecule has 1 atom stereocenters. The van der Waals surface area contributed by atoms with Crippen LogP contribution in [0.3, 0.4) is 0 Å². The minimum absolute atomic E-state index is 0.0722. The van der Waals surface area contributed by atoms with Crippen LogP contribution in [0.1, 0.15) is 25.0 Å². The van der Waals surface area contributed by atoms with E-state index in [9.17, 15) is 14.3 Å². The Hall–Kier alpha value is -2.44. The van der Waals surface area contributed by atoms with E-state index in [1.54, 1.807) is 17.0 Å². The van der Waals surface area contributed by atoms with Gasteiger partial charge in [0.05, 0.1) is 13.0 Å². The van der Waals surface area contributed by atoms with Crippen molar-refractivity contribution in [1.29, 1.82) is 0 Å². The van der Waals surface area contributed by atoms with Gasteiger partial charge < -0.3 is 20.5 Å². The van der Waals surface area contributed by atoms with Crippen molar-refractivity contribution in [1.82, 2.24) is 4.90 Å². The molecule has 2 aromatic carbocycles. The highest BCUT2D eigenvalue weighted by Gasteiger charge is 2.19. The number of carbonyl (C=O) groups excluding carboxylic acids is 1. The van der Waals surface area contributed by atoms with Gasteiger partial charge in [0, 0.05) is 25.6 Å². The van der Waals surface area contributed by atoms with E-state index in [0.29, 0.717) is 25.6 Å². The maximum Gasteiger partial charge on any atom is 0.227 e. The fourth-order valence-corrected chi connectivity index (χ4v) is 2.84. The molecule has 0 radical (unpaired) electrons. The Kier molecular flexibility index (Phi) is 9.09. The van der Waals surface area contributed by atoms with E-state index in [1.165, 1.54) is 12.1 Å². The molecule has 0 unspecified atom stereocenters. The molecule has 5 nitrogen and oxygen atoms in total.